The van der Waals surface area contributed by atoms with Gasteiger partial charge in [0.25, 0.3) is 0 Å². The Kier molecular flexibility index (Phi) is 11.2. The van der Waals surface area contributed by atoms with Crippen LogP contribution in [0.1, 0.15) is 55.2 Å². The SMILES string of the molecule is CS(=O)(=O)N(CCCC(=O)N(Cc1ccc(F)cc1)[C@@H](Cc1ccccc1)C(=O)NC1CCCC1)c1cccc(C(F)(F)F)c1. The fraction of sp³-hybridized carbons (Fsp3) is 0.394. The molecule has 0 aromatic heterocycles. The third-order valence-corrected chi connectivity index (χ3v) is 9.05. The molecule has 0 aliphatic heterocycles. The van der Waals surface area contributed by atoms with Crippen LogP contribution in [0.5, 0.6) is 0 Å². The van der Waals surface area contributed by atoms with Crippen molar-refractivity contribution in [2.75, 3.05) is 17.1 Å². The quantitative estimate of drug-likeness (QED) is 0.228. The number of benzene rings is 3. The Morgan fingerprint density at radius 1 is 0.933 bits per heavy atom. The fourth-order valence-corrected chi connectivity index (χ4v) is 6.51. The third-order valence-electron chi connectivity index (χ3n) is 7.85. The van der Waals surface area contributed by atoms with Gasteiger partial charge in [-0.2, -0.15) is 13.2 Å². The van der Waals surface area contributed by atoms with Gasteiger partial charge in [-0.3, -0.25) is 13.9 Å². The van der Waals surface area contributed by atoms with E-state index in [2.05, 4.69) is 5.32 Å². The van der Waals surface area contributed by atoms with E-state index in [1.54, 1.807) is 0 Å². The lowest BCUT2D eigenvalue weighted by molar-refractivity contribution is -0.141. The molecule has 1 saturated carbocycles. The van der Waals surface area contributed by atoms with Gasteiger partial charge in [-0.15, -0.1) is 0 Å². The van der Waals surface area contributed by atoms with Crippen molar-refractivity contribution in [3.8, 4) is 0 Å². The molecule has 3 aromatic carbocycles. The zero-order chi connectivity index (χ0) is 32.6. The lowest BCUT2D eigenvalue weighted by Crippen LogP contribution is -2.52. The highest BCUT2D eigenvalue weighted by Crippen LogP contribution is 2.32. The van der Waals surface area contributed by atoms with Crippen molar-refractivity contribution in [3.63, 3.8) is 0 Å². The van der Waals surface area contributed by atoms with Crippen molar-refractivity contribution in [2.24, 2.45) is 0 Å². The van der Waals surface area contributed by atoms with Crippen molar-refractivity contribution < 1.29 is 35.6 Å². The minimum atomic E-state index is -4.66. The molecular formula is C33H37F4N3O4S. The van der Waals surface area contributed by atoms with Gasteiger partial charge in [-0.05, 0) is 60.7 Å². The van der Waals surface area contributed by atoms with Gasteiger partial charge in [-0.25, -0.2) is 12.8 Å². The zero-order valence-corrected chi connectivity index (χ0v) is 25.8. The Morgan fingerprint density at radius 3 is 2.22 bits per heavy atom. The highest BCUT2D eigenvalue weighted by Gasteiger charge is 2.33. The summed E-state index contributed by atoms with van der Waals surface area (Å²) < 4.78 is 79.7. The number of nitrogens with one attached hydrogen (secondary N) is 1. The molecule has 0 saturated heterocycles. The van der Waals surface area contributed by atoms with E-state index >= 15 is 0 Å². The normalized spacial score (nSPS) is 14.6. The van der Waals surface area contributed by atoms with E-state index in [4.69, 9.17) is 0 Å². The summed E-state index contributed by atoms with van der Waals surface area (Å²) in [7, 11) is -3.99. The van der Waals surface area contributed by atoms with E-state index in [-0.39, 0.29) is 50.0 Å². The molecule has 12 heteroatoms. The standard InChI is InChI=1S/C33H37F4N3O4S/c1-45(43,44)40(29-14-7-11-26(22-29)33(35,36)37)20-8-15-31(41)39(23-25-16-18-27(34)19-17-25)30(21-24-9-3-2-4-10-24)32(42)38-28-12-5-6-13-28/h2-4,7,9-11,14,16-19,22,28,30H,5-6,8,12-13,15,20-21,23H2,1H3,(H,38,42)/t30-/m0/s1. The highest BCUT2D eigenvalue weighted by molar-refractivity contribution is 7.92. The maximum absolute atomic E-state index is 13.9. The van der Waals surface area contributed by atoms with Crippen molar-refractivity contribution in [2.45, 2.75) is 69.8 Å². The first-order valence-corrected chi connectivity index (χ1v) is 16.7. The Labute approximate surface area is 261 Å². The number of carbonyl (C=O) groups excluding carboxylic acids is 2. The number of anilines is 1. The Balaban J connectivity index is 1.59. The van der Waals surface area contributed by atoms with Crippen LogP contribution in [0.25, 0.3) is 0 Å². The molecule has 1 N–H and O–H groups in total. The second-order valence-corrected chi connectivity index (χ2v) is 13.2. The van der Waals surface area contributed by atoms with E-state index < -0.39 is 39.5 Å². The number of amides is 2. The van der Waals surface area contributed by atoms with E-state index in [9.17, 15) is 35.6 Å². The molecule has 0 radical (unpaired) electrons. The lowest BCUT2D eigenvalue weighted by atomic mass is 10.0. The molecular weight excluding hydrogens is 610 g/mol. The summed E-state index contributed by atoms with van der Waals surface area (Å²) in [6, 6.07) is 17.9. The van der Waals surface area contributed by atoms with E-state index in [1.807, 2.05) is 30.3 Å². The van der Waals surface area contributed by atoms with Crippen molar-refractivity contribution in [1.82, 2.24) is 10.2 Å². The summed E-state index contributed by atoms with van der Waals surface area (Å²) in [5, 5.41) is 3.09. The molecule has 242 valence electrons. The molecule has 4 rings (SSSR count). The van der Waals surface area contributed by atoms with E-state index in [0.717, 1.165) is 60.0 Å². The largest absolute Gasteiger partial charge is 0.416 e. The second-order valence-electron chi connectivity index (χ2n) is 11.3. The predicted octanol–water partition coefficient (Wildman–Crippen LogP) is 6.09. The van der Waals surface area contributed by atoms with Crippen LogP contribution in [-0.4, -0.2) is 50.0 Å². The monoisotopic (exact) mass is 647 g/mol. The number of hydrogen-bond donors (Lipinski definition) is 1. The second kappa shape index (κ2) is 14.9. The summed E-state index contributed by atoms with van der Waals surface area (Å²) in [5.41, 5.74) is 0.264. The number of sulfonamides is 1. The zero-order valence-electron chi connectivity index (χ0n) is 25.0. The minimum Gasteiger partial charge on any atom is -0.352 e. The number of hydrogen-bond acceptors (Lipinski definition) is 4. The van der Waals surface area contributed by atoms with Gasteiger partial charge in [-0.1, -0.05) is 61.4 Å². The average Bonchev–Trinajstić information content (AvgIpc) is 3.50. The first kappa shape index (κ1) is 34.0. The average molecular weight is 648 g/mol. The van der Waals surface area contributed by atoms with Gasteiger partial charge in [0.2, 0.25) is 21.8 Å². The molecule has 1 aliphatic rings. The molecule has 45 heavy (non-hydrogen) atoms. The van der Waals surface area contributed by atoms with Crippen LogP contribution >= 0.6 is 0 Å². The van der Waals surface area contributed by atoms with Gasteiger partial charge in [0.1, 0.15) is 11.9 Å². The Morgan fingerprint density at radius 2 is 1.60 bits per heavy atom. The van der Waals surface area contributed by atoms with Crippen LogP contribution in [-0.2, 0) is 38.8 Å². The third kappa shape index (κ3) is 9.78. The molecule has 3 aromatic rings. The topological polar surface area (TPSA) is 86.8 Å². The smallest absolute Gasteiger partial charge is 0.352 e. The van der Waals surface area contributed by atoms with Gasteiger partial charge in [0.05, 0.1) is 17.5 Å². The molecule has 1 aliphatic carbocycles. The Hall–Kier alpha value is -3.93. The molecule has 0 heterocycles. The summed E-state index contributed by atoms with van der Waals surface area (Å²) >= 11 is 0. The van der Waals surface area contributed by atoms with E-state index in [1.165, 1.54) is 35.2 Å². The fourth-order valence-electron chi connectivity index (χ4n) is 5.55. The number of rotatable bonds is 13. The highest BCUT2D eigenvalue weighted by atomic mass is 32.2. The summed E-state index contributed by atoms with van der Waals surface area (Å²) in [4.78, 5) is 29.1. The van der Waals surface area contributed by atoms with Gasteiger partial charge >= 0.3 is 6.18 Å². The number of nitrogens with zero attached hydrogens (tertiary/aromatic N) is 2. The van der Waals surface area contributed by atoms with Crippen LogP contribution in [0.2, 0.25) is 0 Å². The number of halogens is 4. The lowest BCUT2D eigenvalue weighted by Gasteiger charge is -2.33. The first-order valence-electron chi connectivity index (χ1n) is 14.8. The van der Waals surface area contributed by atoms with Gasteiger partial charge in [0.15, 0.2) is 0 Å². The maximum Gasteiger partial charge on any atom is 0.416 e. The van der Waals surface area contributed by atoms with Gasteiger partial charge < -0.3 is 10.2 Å². The van der Waals surface area contributed by atoms with Crippen molar-refractivity contribution in [1.29, 1.82) is 0 Å². The van der Waals surface area contributed by atoms with Crippen LogP contribution in [0.15, 0.2) is 78.9 Å². The molecule has 0 spiro atoms. The summed E-state index contributed by atoms with van der Waals surface area (Å²) in [6.45, 7) is -0.258. The molecule has 0 unspecified atom stereocenters. The van der Waals surface area contributed by atoms with Crippen molar-refractivity contribution >= 4 is 27.5 Å². The minimum absolute atomic E-state index is 0.00187. The Bertz CT molecular complexity index is 1540. The molecule has 1 fully saturated rings. The maximum atomic E-state index is 13.9. The van der Waals surface area contributed by atoms with Crippen LogP contribution in [0.3, 0.4) is 0 Å². The molecule has 1 atom stereocenters. The molecule has 7 nitrogen and oxygen atoms in total. The summed E-state index contributed by atoms with van der Waals surface area (Å²) in [6.07, 6.45) is -0.101. The van der Waals surface area contributed by atoms with Gasteiger partial charge in [0, 0.05) is 32.0 Å². The van der Waals surface area contributed by atoms with E-state index in [0.29, 0.717) is 5.56 Å². The van der Waals surface area contributed by atoms with Crippen LogP contribution < -0.4 is 9.62 Å². The van der Waals surface area contributed by atoms with Crippen LogP contribution in [0, 0.1) is 5.82 Å². The first-order chi connectivity index (χ1) is 21.3. The van der Waals surface area contributed by atoms with Crippen molar-refractivity contribution in [3.05, 3.63) is 101 Å². The van der Waals surface area contributed by atoms with Crippen LogP contribution in [0.4, 0.5) is 23.2 Å². The number of alkyl halides is 3. The predicted molar refractivity (Wildman–Crippen MR) is 164 cm³/mol. The molecule has 2 amide bonds. The number of carbonyl (C=O) groups is 2. The molecule has 0 bridgehead atoms. The summed E-state index contributed by atoms with van der Waals surface area (Å²) in [5.74, 6) is -1.21.